The highest BCUT2D eigenvalue weighted by Crippen LogP contribution is 2.38. The average molecular weight is 495 g/mol. The quantitative estimate of drug-likeness (QED) is 0.180. The number of Topliss-reactive ketones (excluding diaryl/α,β-unsaturated/α-hetero) is 1. The summed E-state index contributed by atoms with van der Waals surface area (Å²) in [5, 5.41) is 2.76. The van der Waals surface area contributed by atoms with E-state index in [1.165, 1.54) is 0 Å². The summed E-state index contributed by atoms with van der Waals surface area (Å²) in [4.78, 5) is 26.4. The van der Waals surface area contributed by atoms with Gasteiger partial charge in [-0.15, -0.1) is 11.3 Å². The minimum Gasteiger partial charge on any atom is -0.452 e. The zero-order valence-corrected chi connectivity index (χ0v) is 18.9. The van der Waals surface area contributed by atoms with Gasteiger partial charge < -0.3 is 13.9 Å². The van der Waals surface area contributed by atoms with Gasteiger partial charge in [0.15, 0.2) is 5.76 Å². The molecule has 4 aromatic rings. The third-order valence-corrected chi connectivity index (χ3v) is 6.46. The average Bonchev–Trinajstić information content (AvgIpc) is 3.40. The largest absolute Gasteiger partial charge is 0.452 e. The van der Waals surface area contributed by atoms with Crippen LogP contribution in [0.25, 0.3) is 17.0 Å². The predicted octanol–water partition coefficient (Wildman–Crippen LogP) is 6.71. The molecule has 0 fully saturated rings. The third kappa shape index (κ3) is 3.60. The first-order chi connectivity index (χ1) is 14.9. The van der Waals surface area contributed by atoms with Crippen LogP contribution >= 0.6 is 27.3 Å². The summed E-state index contributed by atoms with van der Waals surface area (Å²) in [7, 11) is 0. The summed E-state index contributed by atoms with van der Waals surface area (Å²) >= 11 is 4.94. The summed E-state index contributed by atoms with van der Waals surface area (Å²) < 4.78 is 17.8. The van der Waals surface area contributed by atoms with Crippen molar-refractivity contribution in [3.05, 3.63) is 85.4 Å². The smallest absolute Gasteiger partial charge is 0.379 e. The highest BCUT2D eigenvalue weighted by molar-refractivity contribution is 9.10. The van der Waals surface area contributed by atoms with Gasteiger partial charge in [0.1, 0.15) is 17.1 Å². The lowest BCUT2D eigenvalue weighted by Crippen LogP contribution is -2.07. The first-order valence-corrected chi connectivity index (χ1v) is 11.1. The number of ketones is 1. The Balaban J connectivity index is 1.42. The Morgan fingerprint density at radius 3 is 2.71 bits per heavy atom. The SMILES string of the molecule is Cc1ccsc1/C=C1\Oc2cc(OC(=O)c3cc4cc(Br)ccc4o3)cc(C)c2C1=O. The van der Waals surface area contributed by atoms with Crippen LogP contribution in [-0.4, -0.2) is 11.8 Å². The van der Waals surface area contributed by atoms with E-state index in [1.807, 2.05) is 30.5 Å². The first-order valence-electron chi connectivity index (χ1n) is 9.43. The maximum absolute atomic E-state index is 12.8. The lowest BCUT2D eigenvalue weighted by atomic mass is 10.0. The second-order valence-electron chi connectivity index (χ2n) is 7.20. The maximum atomic E-state index is 12.8. The van der Waals surface area contributed by atoms with Crippen LogP contribution in [0.15, 0.2) is 62.5 Å². The Bertz CT molecular complexity index is 1410. The molecule has 0 aliphatic carbocycles. The topological polar surface area (TPSA) is 65.7 Å². The summed E-state index contributed by atoms with van der Waals surface area (Å²) in [5.74, 6) is 0.208. The summed E-state index contributed by atoms with van der Waals surface area (Å²) in [6.07, 6.45) is 1.75. The number of ether oxygens (including phenoxy) is 2. The molecule has 0 amide bonds. The zero-order valence-electron chi connectivity index (χ0n) is 16.5. The molecule has 5 rings (SSSR count). The lowest BCUT2D eigenvalue weighted by Gasteiger charge is -2.06. The molecule has 154 valence electrons. The predicted molar refractivity (Wildman–Crippen MR) is 122 cm³/mol. The van der Waals surface area contributed by atoms with Crippen LogP contribution in [0.1, 0.15) is 36.9 Å². The fourth-order valence-electron chi connectivity index (χ4n) is 3.46. The van der Waals surface area contributed by atoms with Gasteiger partial charge in [0.2, 0.25) is 11.5 Å². The number of carbonyl (C=O) groups excluding carboxylic acids is 2. The molecule has 31 heavy (non-hydrogen) atoms. The Morgan fingerprint density at radius 2 is 1.94 bits per heavy atom. The fraction of sp³-hybridized carbons (Fsp3) is 0.0833. The Kier molecular flexibility index (Phi) is 4.79. The zero-order chi connectivity index (χ0) is 21.7. The monoisotopic (exact) mass is 494 g/mol. The number of thiophene rings is 1. The van der Waals surface area contributed by atoms with Gasteiger partial charge in [0, 0.05) is 26.9 Å². The van der Waals surface area contributed by atoms with Crippen molar-refractivity contribution in [1.29, 1.82) is 0 Å². The number of allylic oxidation sites excluding steroid dienone is 1. The molecule has 0 N–H and O–H groups in total. The molecular formula is C24H15BrO5S. The Labute approximate surface area is 190 Å². The van der Waals surface area contributed by atoms with E-state index in [4.69, 9.17) is 13.9 Å². The van der Waals surface area contributed by atoms with Gasteiger partial charge in [-0.2, -0.15) is 0 Å². The number of aryl methyl sites for hydroxylation is 2. The number of fused-ring (bicyclic) bond motifs is 2. The van der Waals surface area contributed by atoms with Crippen molar-refractivity contribution in [1.82, 2.24) is 0 Å². The van der Waals surface area contributed by atoms with Crippen LogP contribution in [0.5, 0.6) is 11.5 Å². The third-order valence-electron chi connectivity index (χ3n) is 5.00. The number of benzene rings is 2. The molecule has 5 nitrogen and oxygen atoms in total. The van der Waals surface area contributed by atoms with Gasteiger partial charge in [-0.25, -0.2) is 4.79 Å². The van der Waals surface area contributed by atoms with E-state index in [9.17, 15) is 9.59 Å². The number of halogens is 1. The molecule has 7 heteroatoms. The summed E-state index contributed by atoms with van der Waals surface area (Å²) in [5.41, 5.74) is 2.82. The molecule has 0 saturated carbocycles. The molecule has 0 atom stereocenters. The van der Waals surface area contributed by atoms with Crippen molar-refractivity contribution < 1.29 is 23.5 Å². The minimum atomic E-state index is -0.624. The minimum absolute atomic E-state index is 0.0944. The maximum Gasteiger partial charge on any atom is 0.379 e. The number of furan rings is 1. The van der Waals surface area contributed by atoms with Gasteiger partial charge in [-0.3, -0.25) is 4.79 Å². The van der Waals surface area contributed by atoms with Crippen LogP contribution in [-0.2, 0) is 0 Å². The van der Waals surface area contributed by atoms with Crippen molar-refractivity contribution in [3.8, 4) is 11.5 Å². The summed E-state index contributed by atoms with van der Waals surface area (Å²) in [6.45, 7) is 3.77. The highest BCUT2D eigenvalue weighted by Gasteiger charge is 2.30. The second kappa shape index (κ2) is 7.51. The van der Waals surface area contributed by atoms with Crippen molar-refractivity contribution in [2.45, 2.75) is 13.8 Å². The molecule has 0 radical (unpaired) electrons. The molecule has 2 aromatic heterocycles. The fourth-order valence-corrected chi connectivity index (χ4v) is 4.69. The van der Waals surface area contributed by atoms with E-state index in [2.05, 4.69) is 15.9 Å². The van der Waals surface area contributed by atoms with Crippen LogP contribution < -0.4 is 9.47 Å². The van der Waals surface area contributed by atoms with Crippen molar-refractivity contribution in [2.24, 2.45) is 0 Å². The molecule has 2 aromatic carbocycles. The van der Waals surface area contributed by atoms with Crippen LogP contribution in [0.2, 0.25) is 0 Å². The van der Waals surface area contributed by atoms with Crippen molar-refractivity contribution in [3.63, 3.8) is 0 Å². The standard InChI is InChI=1S/C24H15BrO5S/c1-12-5-6-31-21(12)11-19-23(26)22-13(2)7-16(10-18(22)30-19)28-24(27)20-9-14-8-15(25)3-4-17(14)29-20/h3-11H,1-2H3/b19-11-. The molecule has 1 aliphatic rings. The Morgan fingerprint density at radius 1 is 1.10 bits per heavy atom. The van der Waals surface area contributed by atoms with Gasteiger partial charge in [0.25, 0.3) is 0 Å². The van der Waals surface area contributed by atoms with Gasteiger partial charge in [0.05, 0.1) is 5.56 Å². The van der Waals surface area contributed by atoms with Crippen LogP contribution in [0, 0.1) is 13.8 Å². The molecule has 1 aliphatic heterocycles. The van der Waals surface area contributed by atoms with Gasteiger partial charge >= 0.3 is 5.97 Å². The second-order valence-corrected chi connectivity index (χ2v) is 9.07. The van der Waals surface area contributed by atoms with E-state index in [0.29, 0.717) is 22.5 Å². The molecule has 0 unspecified atom stereocenters. The molecule has 3 heterocycles. The number of hydrogen-bond donors (Lipinski definition) is 0. The van der Waals surface area contributed by atoms with E-state index in [0.717, 1.165) is 20.3 Å². The Hall–Kier alpha value is -3.16. The number of rotatable bonds is 3. The molecule has 0 saturated heterocycles. The lowest BCUT2D eigenvalue weighted by molar-refractivity contribution is 0.0703. The normalized spacial score (nSPS) is 14.2. The molecule has 0 spiro atoms. The van der Waals surface area contributed by atoms with Gasteiger partial charge in [-0.1, -0.05) is 15.9 Å². The van der Waals surface area contributed by atoms with E-state index < -0.39 is 5.97 Å². The molecular weight excluding hydrogens is 480 g/mol. The number of esters is 1. The summed E-state index contributed by atoms with van der Waals surface area (Å²) in [6, 6.07) is 12.3. The van der Waals surface area contributed by atoms with Crippen LogP contribution in [0.4, 0.5) is 0 Å². The van der Waals surface area contributed by atoms with Crippen molar-refractivity contribution in [2.75, 3.05) is 0 Å². The van der Waals surface area contributed by atoms with E-state index in [1.54, 1.807) is 48.6 Å². The highest BCUT2D eigenvalue weighted by atomic mass is 79.9. The number of carbonyl (C=O) groups is 2. The van der Waals surface area contributed by atoms with Crippen molar-refractivity contribution >= 4 is 56.1 Å². The van der Waals surface area contributed by atoms with Crippen LogP contribution in [0.3, 0.4) is 0 Å². The van der Waals surface area contributed by atoms with Gasteiger partial charge in [-0.05, 0) is 66.8 Å². The number of hydrogen-bond acceptors (Lipinski definition) is 6. The first kappa shape index (κ1) is 19.8. The molecule has 0 bridgehead atoms. The van der Waals surface area contributed by atoms with E-state index >= 15 is 0 Å². The van der Waals surface area contributed by atoms with E-state index in [-0.39, 0.29) is 23.1 Å².